The molecule has 0 aliphatic carbocycles. The summed E-state index contributed by atoms with van der Waals surface area (Å²) in [6.45, 7) is 4.81. The Labute approximate surface area is 96.5 Å². The van der Waals surface area contributed by atoms with E-state index in [1.807, 2.05) is 0 Å². The molecule has 1 unspecified atom stereocenters. The lowest BCUT2D eigenvalue weighted by atomic mass is 10.0. The molecule has 16 heavy (non-hydrogen) atoms. The molecule has 5 nitrogen and oxygen atoms in total. The van der Waals surface area contributed by atoms with E-state index in [0.29, 0.717) is 13.0 Å². The Morgan fingerprint density at radius 1 is 1.50 bits per heavy atom. The van der Waals surface area contributed by atoms with Gasteiger partial charge in [-0.05, 0) is 33.2 Å². The summed E-state index contributed by atoms with van der Waals surface area (Å²) in [5.74, 6) is -1.17. The highest BCUT2D eigenvalue weighted by Gasteiger charge is 2.41. The topological polar surface area (TPSA) is 72.5 Å². The number of hydrogen-bond acceptors (Lipinski definition) is 5. The Hall–Kier alpha value is -0.620. The zero-order valence-electron chi connectivity index (χ0n) is 9.78. The standard InChI is InChI=1S/C10H19NO4S/c1-3-15-9(12)7-16(13,14)10(2)5-4-6-11-8-10/h11H,3-8H2,1-2H3. The molecule has 1 fully saturated rings. The van der Waals surface area contributed by atoms with Crippen molar-refractivity contribution in [3.05, 3.63) is 0 Å². The Morgan fingerprint density at radius 2 is 2.19 bits per heavy atom. The van der Waals surface area contributed by atoms with Crippen LogP contribution in [0, 0.1) is 0 Å². The lowest BCUT2D eigenvalue weighted by Crippen LogP contribution is -2.50. The lowest BCUT2D eigenvalue weighted by Gasteiger charge is -2.33. The molecule has 6 heteroatoms. The Bertz CT molecular complexity index is 344. The van der Waals surface area contributed by atoms with Crippen LogP contribution in [-0.2, 0) is 19.4 Å². The summed E-state index contributed by atoms with van der Waals surface area (Å²) in [5, 5.41) is 3.06. The molecule has 0 spiro atoms. The predicted molar refractivity (Wildman–Crippen MR) is 60.9 cm³/mol. The molecule has 0 saturated carbocycles. The summed E-state index contributed by atoms with van der Waals surface area (Å²) < 4.78 is 27.9. The summed E-state index contributed by atoms with van der Waals surface area (Å²) >= 11 is 0. The van der Waals surface area contributed by atoms with Gasteiger partial charge in [-0.1, -0.05) is 0 Å². The molecule has 1 rings (SSSR count). The van der Waals surface area contributed by atoms with Gasteiger partial charge in [-0.3, -0.25) is 4.79 Å². The number of carbonyl (C=O) groups excluding carboxylic acids is 1. The third-order valence-electron chi connectivity index (χ3n) is 2.92. The van der Waals surface area contributed by atoms with Gasteiger partial charge < -0.3 is 10.1 Å². The van der Waals surface area contributed by atoms with Gasteiger partial charge in [0.2, 0.25) is 0 Å². The molecule has 1 aliphatic rings. The van der Waals surface area contributed by atoms with E-state index in [9.17, 15) is 13.2 Å². The predicted octanol–water partition coefficient (Wildman–Crippen LogP) is 0.106. The van der Waals surface area contributed by atoms with Gasteiger partial charge in [-0.2, -0.15) is 0 Å². The number of piperidine rings is 1. The van der Waals surface area contributed by atoms with Gasteiger partial charge in [0.1, 0.15) is 5.75 Å². The molecule has 1 saturated heterocycles. The molecule has 1 atom stereocenters. The highest BCUT2D eigenvalue weighted by molar-refractivity contribution is 7.93. The van der Waals surface area contributed by atoms with Gasteiger partial charge in [0.25, 0.3) is 0 Å². The van der Waals surface area contributed by atoms with Crippen molar-refractivity contribution in [1.29, 1.82) is 0 Å². The van der Waals surface area contributed by atoms with Gasteiger partial charge in [-0.15, -0.1) is 0 Å². The monoisotopic (exact) mass is 249 g/mol. The van der Waals surface area contributed by atoms with Crippen LogP contribution in [0.3, 0.4) is 0 Å². The second-order valence-corrected chi connectivity index (χ2v) is 6.80. The van der Waals surface area contributed by atoms with Crippen LogP contribution < -0.4 is 5.32 Å². The summed E-state index contributed by atoms with van der Waals surface area (Å²) in [5.41, 5.74) is 0. The highest BCUT2D eigenvalue weighted by atomic mass is 32.2. The first-order valence-corrected chi connectivity index (χ1v) is 7.15. The van der Waals surface area contributed by atoms with Crippen LogP contribution in [0.5, 0.6) is 0 Å². The van der Waals surface area contributed by atoms with Crippen LogP contribution >= 0.6 is 0 Å². The maximum absolute atomic E-state index is 12.1. The summed E-state index contributed by atoms with van der Waals surface area (Å²) in [6.07, 6.45) is 1.42. The van der Waals surface area contributed by atoms with Crippen molar-refractivity contribution in [2.45, 2.75) is 31.4 Å². The molecular formula is C10H19NO4S. The van der Waals surface area contributed by atoms with Gasteiger partial charge in [0.05, 0.1) is 11.4 Å². The van der Waals surface area contributed by atoms with Crippen LogP contribution in [0.1, 0.15) is 26.7 Å². The van der Waals surface area contributed by atoms with Crippen LogP contribution in [-0.4, -0.2) is 44.6 Å². The van der Waals surface area contributed by atoms with Crippen molar-refractivity contribution >= 4 is 15.8 Å². The SMILES string of the molecule is CCOC(=O)CS(=O)(=O)C1(C)CCCNC1. The molecule has 1 aliphatic heterocycles. The fourth-order valence-corrected chi connectivity index (χ4v) is 3.35. The number of sulfone groups is 1. The first kappa shape index (κ1) is 13.4. The largest absolute Gasteiger partial charge is 0.465 e. The number of nitrogens with one attached hydrogen (secondary N) is 1. The van der Waals surface area contributed by atoms with Crippen molar-refractivity contribution in [1.82, 2.24) is 5.32 Å². The molecule has 0 bridgehead atoms. The second kappa shape index (κ2) is 5.14. The average Bonchev–Trinajstić information content (AvgIpc) is 2.18. The molecule has 0 aromatic carbocycles. The maximum Gasteiger partial charge on any atom is 0.321 e. The van der Waals surface area contributed by atoms with Crippen molar-refractivity contribution in [2.75, 3.05) is 25.4 Å². The van der Waals surface area contributed by atoms with Crippen LogP contribution in [0.15, 0.2) is 0 Å². The minimum Gasteiger partial charge on any atom is -0.465 e. The van der Waals surface area contributed by atoms with Crippen LogP contribution in [0.2, 0.25) is 0 Å². The van der Waals surface area contributed by atoms with E-state index in [0.717, 1.165) is 13.0 Å². The smallest absolute Gasteiger partial charge is 0.321 e. The molecule has 94 valence electrons. The zero-order valence-corrected chi connectivity index (χ0v) is 10.6. The van der Waals surface area contributed by atoms with E-state index < -0.39 is 26.3 Å². The molecule has 0 amide bonds. The van der Waals surface area contributed by atoms with E-state index in [-0.39, 0.29) is 6.61 Å². The Morgan fingerprint density at radius 3 is 2.69 bits per heavy atom. The first-order chi connectivity index (χ1) is 7.41. The van der Waals surface area contributed by atoms with E-state index in [1.54, 1.807) is 13.8 Å². The summed E-state index contributed by atoms with van der Waals surface area (Å²) in [4.78, 5) is 11.2. The van der Waals surface area contributed by atoms with E-state index >= 15 is 0 Å². The van der Waals surface area contributed by atoms with Crippen molar-refractivity contribution in [3.63, 3.8) is 0 Å². The van der Waals surface area contributed by atoms with Crippen molar-refractivity contribution in [3.8, 4) is 0 Å². The van der Waals surface area contributed by atoms with Gasteiger partial charge in [-0.25, -0.2) is 8.42 Å². The number of rotatable bonds is 4. The second-order valence-electron chi connectivity index (χ2n) is 4.29. The van der Waals surface area contributed by atoms with Crippen molar-refractivity contribution < 1.29 is 17.9 Å². The molecule has 0 aromatic rings. The molecule has 0 aromatic heterocycles. The van der Waals surface area contributed by atoms with Crippen molar-refractivity contribution in [2.24, 2.45) is 0 Å². The van der Waals surface area contributed by atoms with Gasteiger partial charge >= 0.3 is 5.97 Å². The maximum atomic E-state index is 12.1. The number of esters is 1. The minimum absolute atomic E-state index is 0.212. The summed E-state index contributed by atoms with van der Waals surface area (Å²) in [7, 11) is -3.44. The molecule has 0 radical (unpaired) electrons. The molecule has 1 N–H and O–H groups in total. The van der Waals surface area contributed by atoms with E-state index in [1.165, 1.54) is 0 Å². The van der Waals surface area contributed by atoms with Crippen LogP contribution in [0.25, 0.3) is 0 Å². The molecule has 1 heterocycles. The fourth-order valence-electron chi connectivity index (χ4n) is 1.83. The number of ether oxygens (including phenoxy) is 1. The quantitative estimate of drug-likeness (QED) is 0.716. The van der Waals surface area contributed by atoms with Gasteiger partial charge in [0, 0.05) is 6.54 Å². The number of hydrogen-bond donors (Lipinski definition) is 1. The minimum atomic E-state index is -3.44. The normalized spacial score (nSPS) is 26.4. The summed E-state index contributed by atoms with van der Waals surface area (Å²) in [6, 6.07) is 0. The fraction of sp³-hybridized carbons (Fsp3) is 0.900. The first-order valence-electron chi connectivity index (χ1n) is 5.50. The Kier molecular flexibility index (Phi) is 4.32. The lowest BCUT2D eigenvalue weighted by molar-refractivity contribution is -0.140. The highest BCUT2D eigenvalue weighted by Crippen LogP contribution is 2.26. The third kappa shape index (κ3) is 2.95. The van der Waals surface area contributed by atoms with E-state index in [4.69, 9.17) is 0 Å². The van der Waals surface area contributed by atoms with Gasteiger partial charge in [0.15, 0.2) is 9.84 Å². The number of carbonyl (C=O) groups is 1. The molecular weight excluding hydrogens is 230 g/mol. The average molecular weight is 249 g/mol. The van der Waals surface area contributed by atoms with Crippen LogP contribution in [0.4, 0.5) is 0 Å². The zero-order chi connectivity index (χ0) is 12.2. The Balaban J connectivity index is 2.72. The third-order valence-corrected chi connectivity index (χ3v) is 5.39. The van der Waals surface area contributed by atoms with E-state index in [2.05, 4.69) is 10.1 Å².